The van der Waals surface area contributed by atoms with Gasteiger partial charge in [0.1, 0.15) is 6.04 Å². The first-order chi connectivity index (χ1) is 10.6. The summed E-state index contributed by atoms with van der Waals surface area (Å²) in [5, 5.41) is 1.73. The normalized spacial score (nSPS) is 20.7. The van der Waals surface area contributed by atoms with Crippen LogP contribution >= 0.6 is 11.6 Å². The SMILES string of the molecule is CC[C@@H](Nc1nc(Cl)nc(N=C2CCC(F)(F)C2)n1)C(F)(F)F. The number of nitrogens with zero attached hydrogens (tertiary/aromatic N) is 4. The number of hydrogen-bond donors (Lipinski definition) is 1. The number of halogens is 6. The molecule has 1 aromatic rings. The summed E-state index contributed by atoms with van der Waals surface area (Å²) in [5.74, 6) is -3.53. The van der Waals surface area contributed by atoms with Crippen LogP contribution in [0.5, 0.6) is 0 Å². The summed E-state index contributed by atoms with van der Waals surface area (Å²) in [6, 6.07) is -1.86. The zero-order chi connectivity index (χ0) is 17.3. The zero-order valence-corrected chi connectivity index (χ0v) is 12.7. The second kappa shape index (κ2) is 6.50. The second-order valence-corrected chi connectivity index (χ2v) is 5.42. The summed E-state index contributed by atoms with van der Waals surface area (Å²) in [4.78, 5) is 14.7. The number of nitrogens with one attached hydrogen (secondary N) is 1. The van der Waals surface area contributed by atoms with Gasteiger partial charge in [-0.25, -0.2) is 13.8 Å². The predicted molar refractivity (Wildman–Crippen MR) is 74.5 cm³/mol. The van der Waals surface area contributed by atoms with Gasteiger partial charge >= 0.3 is 6.18 Å². The fourth-order valence-corrected chi connectivity index (χ4v) is 2.22. The first-order valence-electron chi connectivity index (χ1n) is 6.78. The molecule has 1 aliphatic rings. The van der Waals surface area contributed by atoms with Crippen molar-refractivity contribution < 1.29 is 22.0 Å². The molecule has 0 saturated heterocycles. The molecule has 1 fully saturated rings. The minimum atomic E-state index is -4.49. The first-order valence-corrected chi connectivity index (χ1v) is 7.16. The molecule has 0 aromatic carbocycles. The summed E-state index contributed by atoms with van der Waals surface area (Å²) >= 11 is 5.63. The molecule has 0 amide bonds. The van der Waals surface area contributed by atoms with Gasteiger partial charge in [0.2, 0.25) is 11.2 Å². The van der Waals surface area contributed by atoms with Crippen molar-refractivity contribution in [2.75, 3.05) is 5.32 Å². The molecule has 1 heterocycles. The van der Waals surface area contributed by atoms with Crippen molar-refractivity contribution in [3.63, 3.8) is 0 Å². The molecular weight excluding hydrogens is 345 g/mol. The van der Waals surface area contributed by atoms with Crippen molar-refractivity contribution in [3.05, 3.63) is 5.28 Å². The Labute approximate surface area is 133 Å². The molecule has 0 bridgehead atoms. The fourth-order valence-electron chi connectivity index (χ4n) is 2.06. The fraction of sp³-hybridized carbons (Fsp3) is 0.667. The van der Waals surface area contributed by atoms with Crippen LogP contribution in [0, 0.1) is 0 Å². The number of alkyl halides is 5. The lowest BCUT2D eigenvalue weighted by Gasteiger charge is -2.19. The predicted octanol–water partition coefficient (Wildman–Crippen LogP) is 4.17. The van der Waals surface area contributed by atoms with E-state index < -0.39 is 30.5 Å². The molecule has 1 N–H and O–H groups in total. The molecule has 1 saturated carbocycles. The number of hydrogen-bond acceptors (Lipinski definition) is 5. The molecule has 1 aromatic heterocycles. The highest BCUT2D eigenvalue weighted by atomic mass is 35.5. The summed E-state index contributed by atoms with van der Waals surface area (Å²) in [6.07, 6.45) is -5.53. The lowest BCUT2D eigenvalue weighted by Crippen LogP contribution is -2.36. The molecular formula is C12H13ClF5N5. The maximum atomic E-state index is 13.1. The van der Waals surface area contributed by atoms with E-state index in [0.29, 0.717) is 0 Å². The highest BCUT2D eigenvalue weighted by Crippen LogP contribution is 2.34. The van der Waals surface area contributed by atoms with Crippen LogP contribution in [-0.2, 0) is 0 Å². The number of rotatable bonds is 4. The van der Waals surface area contributed by atoms with E-state index in [1.54, 1.807) is 0 Å². The molecule has 0 radical (unpaired) electrons. The van der Waals surface area contributed by atoms with Gasteiger partial charge in [-0.05, 0) is 24.4 Å². The Kier molecular flexibility index (Phi) is 5.02. The number of aliphatic imine (C=N–C) groups is 1. The number of aromatic nitrogens is 3. The topological polar surface area (TPSA) is 63.1 Å². The smallest absolute Gasteiger partial charge is 0.342 e. The second-order valence-electron chi connectivity index (χ2n) is 5.09. The van der Waals surface area contributed by atoms with Gasteiger partial charge in [0.15, 0.2) is 0 Å². The lowest BCUT2D eigenvalue weighted by atomic mass is 10.2. The molecule has 5 nitrogen and oxygen atoms in total. The van der Waals surface area contributed by atoms with Gasteiger partial charge in [-0.3, -0.25) is 0 Å². The zero-order valence-electron chi connectivity index (χ0n) is 12.0. The van der Waals surface area contributed by atoms with E-state index in [1.807, 2.05) is 0 Å². The van der Waals surface area contributed by atoms with E-state index in [4.69, 9.17) is 11.6 Å². The quantitative estimate of drug-likeness (QED) is 0.821. The summed E-state index contributed by atoms with van der Waals surface area (Å²) in [5.41, 5.74) is 0.172. The van der Waals surface area contributed by atoms with E-state index in [9.17, 15) is 22.0 Å². The Morgan fingerprint density at radius 3 is 2.52 bits per heavy atom. The Bertz CT molecular complexity index is 604. The first kappa shape index (κ1) is 17.8. The minimum Gasteiger partial charge on any atom is -0.342 e. The summed E-state index contributed by atoms with van der Waals surface area (Å²) < 4.78 is 64.4. The van der Waals surface area contributed by atoms with Crippen molar-refractivity contribution in [2.24, 2.45) is 4.99 Å². The van der Waals surface area contributed by atoms with Gasteiger partial charge in [0.05, 0.1) is 0 Å². The van der Waals surface area contributed by atoms with Gasteiger partial charge < -0.3 is 5.32 Å². The highest BCUT2D eigenvalue weighted by molar-refractivity contribution is 6.28. The van der Waals surface area contributed by atoms with E-state index >= 15 is 0 Å². The van der Waals surface area contributed by atoms with Crippen LogP contribution in [-0.4, -0.2) is 38.8 Å². The molecule has 128 valence electrons. The standard InChI is InChI=1S/C12H13ClF5N5/c1-2-7(12(16,17)18)20-10-22-8(13)21-9(23-10)19-6-3-4-11(14,15)5-6/h7H,2-5H2,1H3,(H,20,21,22,23)/t7-/m1/s1. The largest absolute Gasteiger partial charge is 0.408 e. The van der Waals surface area contributed by atoms with E-state index in [2.05, 4.69) is 25.3 Å². The Morgan fingerprint density at radius 1 is 1.30 bits per heavy atom. The van der Waals surface area contributed by atoms with Crippen LogP contribution in [0.4, 0.5) is 33.8 Å². The van der Waals surface area contributed by atoms with E-state index in [0.717, 1.165) is 0 Å². The van der Waals surface area contributed by atoms with Gasteiger partial charge in [0.25, 0.3) is 11.9 Å². The molecule has 23 heavy (non-hydrogen) atoms. The van der Waals surface area contributed by atoms with Crippen LogP contribution in [0.3, 0.4) is 0 Å². The van der Waals surface area contributed by atoms with Crippen molar-refractivity contribution in [1.29, 1.82) is 0 Å². The minimum absolute atomic E-state index is 0.0687. The lowest BCUT2D eigenvalue weighted by molar-refractivity contribution is -0.143. The van der Waals surface area contributed by atoms with Gasteiger partial charge in [0, 0.05) is 18.6 Å². The van der Waals surface area contributed by atoms with Crippen molar-refractivity contribution in [2.45, 2.75) is 50.7 Å². The van der Waals surface area contributed by atoms with E-state index in [1.165, 1.54) is 6.92 Å². The molecule has 0 aliphatic heterocycles. The van der Waals surface area contributed by atoms with Crippen LogP contribution in [0.2, 0.25) is 5.28 Å². The monoisotopic (exact) mass is 357 g/mol. The molecule has 0 spiro atoms. The average Bonchev–Trinajstić information content (AvgIpc) is 2.73. The van der Waals surface area contributed by atoms with Gasteiger partial charge in [-0.2, -0.15) is 28.1 Å². The van der Waals surface area contributed by atoms with E-state index in [-0.39, 0.29) is 36.2 Å². The van der Waals surface area contributed by atoms with Crippen LogP contribution in [0.1, 0.15) is 32.6 Å². The van der Waals surface area contributed by atoms with Gasteiger partial charge in [-0.1, -0.05) is 6.92 Å². The molecule has 1 atom stereocenters. The van der Waals surface area contributed by atoms with Crippen molar-refractivity contribution in [3.8, 4) is 0 Å². The third-order valence-electron chi connectivity index (χ3n) is 3.20. The van der Waals surface area contributed by atoms with Crippen LogP contribution < -0.4 is 5.32 Å². The third-order valence-corrected chi connectivity index (χ3v) is 3.37. The van der Waals surface area contributed by atoms with Crippen LogP contribution in [0.25, 0.3) is 0 Å². The maximum Gasteiger partial charge on any atom is 0.408 e. The summed E-state index contributed by atoms with van der Waals surface area (Å²) in [6.45, 7) is 1.34. The molecule has 1 aliphatic carbocycles. The van der Waals surface area contributed by atoms with Crippen LogP contribution in [0.15, 0.2) is 4.99 Å². The van der Waals surface area contributed by atoms with Crippen molar-refractivity contribution in [1.82, 2.24) is 15.0 Å². The third kappa shape index (κ3) is 4.95. The molecule has 11 heteroatoms. The Hall–Kier alpha value is -1.58. The van der Waals surface area contributed by atoms with Crippen molar-refractivity contribution >= 4 is 29.2 Å². The Morgan fingerprint density at radius 2 is 2.00 bits per heavy atom. The number of anilines is 1. The summed E-state index contributed by atoms with van der Waals surface area (Å²) in [7, 11) is 0. The maximum absolute atomic E-state index is 13.1. The highest BCUT2D eigenvalue weighted by Gasteiger charge is 2.39. The average molecular weight is 358 g/mol. The molecule has 2 rings (SSSR count). The Balaban J connectivity index is 2.21. The van der Waals surface area contributed by atoms with Gasteiger partial charge in [-0.15, -0.1) is 0 Å². The molecule has 0 unspecified atom stereocenters.